The number of rotatable bonds is 7. The van der Waals surface area contributed by atoms with E-state index in [9.17, 15) is 22.8 Å². The Morgan fingerprint density at radius 1 is 1.11 bits per heavy atom. The Morgan fingerprint density at radius 3 is 2.47 bits per heavy atom. The average molecular weight is 538 g/mol. The van der Waals surface area contributed by atoms with Crippen molar-refractivity contribution in [1.82, 2.24) is 19.5 Å². The third-order valence-corrected chi connectivity index (χ3v) is 6.09. The number of ketones is 1. The summed E-state index contributed by atoms with van der Waals surface area (Å²) < 4.78 is 32.3. The summed E-state index contributed by atoms with van der Waals surface area (Å²) in [5, 5.41) is 0. The van der Waals surface area contributed by atoms with Gasteiger partial charge in [-0.3, -0.25) is 28.8 Å². The summed E-state index contributed by atoms with van der Waals surface area (Å²) in [5.41, 5.74) is 1.20. The lowest BCUT2D eigenvalue weighted by Crippen LogP contribution is -2.27. The number of anilines is 1. The van der Waals surface area contributed by atoms with E-state index in [0.29, 0.717) is 33.6 Å². The molecule has 0 fully saturated rings. The van der Waals surface area contributed by atoms with Crippen molar-refractivity contribution in [3.63, 3.8) is 0 Å². The lowest BCUT2D eigenvalue weighted by molar-refractivity contribution is 0.0937. The Morgan fingerprint density at radius 2 is 1.84 bits per heavy atom. The number of methoxy groups -OCH3 is 1. The van der Waals surface area contributed by atoms with Gasteiger partial charge in [0.1, 0.15) is 5.75 Å². The van der Waals surface area contributed by atoms with Gasteiger partial charge in [-0.2, -0.15) is 0 Å². The lowest BCUT2D eigenvalue weighted by Gasteiger charge is -2.20. The SMILES string of the molecule is COc1c(C(=O)CC(C)(C)C)cc(-n2ccc(=O)[nH]c2=O)cc1-c1ccc2nc(NS(C)(=O)=O)cnc2c1. The molecule has 2 aromatic heterocycles. The van der Waals surface area contributed by atoms with E-state index in [4.69, 9.17) is 4.74 Å². The maximum atomic E-state index is 13.4. The van der Waals surface area contributed by atoms with Gasteiger partial charge in [-0.1, -0.05) is 26.8 Å². The molecule has 0 unspecified atom stereocenters. The highest BCUT2D eigenvalue weighted by Gasteiger charge is 2.24. The van der Waals surface area contributed by atoms with E-state index in [2.05, 4.69) is 19.7 Å². The molecular formula is C26H27N5O6S. The molecule has 0 bridgehead atoms. The number of carbonyl (C=O) groups is 1. The first-order valence-corrected chi connectivity index (χ1v) is 13.5. The van der Waals surface area contributed by atoms with Crippen molar-refractivity contribution >= 4 is 32.7 Å². The molecule has 0 aliphatic heterocycles. The topological polar surface area (TPSA) is 153 Å². The zero-order chi connectivity index (χ0) is 27.8. The predicted octanol–water partition coefficient (Wildman–Crippen LogP) is 3.14. The quantitative estimate of drug-likeness (QED) is 0.341. The number of carbonyl (C=O) groups excluding carboxylic acids is 1. The second-order valence-electron chi connectivity index (χ2n) is 10.0. The van der Waals surface area contributed by atoms with Crippen LogP contribution in [-0.2, 0) is 10.0 Å². The van der Waals surface area contributed by atoms with Gasteiger partial charge < -0.3 is 4.74 Å². The number of benzene rings is 2. The Kier molecular flexibility index (Phi) is 6.94. The maximum Gasteiger partial charge on any atom is 0.332 e. The summed E-state index contributed by atoms with van der Waals surface area (Å²) >= 11 is 0. The molecule has 0 saturated heterocycles. The molecule has 2 N–H and O–H groups in total. The summed E-state index contributed by atoms with van der Waals surface area (Å²) in [4.78, 5) is 48.5. The molecule has 0 spiro atoms. The van der Waals surface area contributed by atoms with E-state index in [1.165, 1.54) is 30.1 Å². The molecule has 0 atom stereocenters. The van der Waals surface area contributed by atoms with Crippen LogP contribution in [-0.4, -0.2) is 47.1 Å². The Hall–Kier alpha value is -4.32. The molecule has 0 aliphatic carbocycles. The third kappa shape index (κ3) is 5.97. The maximum absolute atomic E-state index is 13.4. The van der Waals surface area contributed by atoms with Crippen molar-refractivity contribution in [2.45, 2.75) is 27.2 Å². The van der Waals surface area contributed by atoms with E-state index < -0.39 is 21.3 Å². The fraction of sp³-hybridized carbons (Fsp3) is 0.269. The number of sulfonamides is 1. The second kappa shape index (κ2) is 9.86. The monoisotopic (exact) mass is 537 g/mol. The summed E-state index contributed by atoms with van der Waals surface area (Å²) in [6, 6.07) is 9.59. The Balaban J connectivity index is 1.94. The Bertz CT molecular complexity index is 1780. The van der Waals surface area contributed by atoms with Crippen LogP contribution in [0, 0.1) is 5.41 Å². The molecule has 2 heterocycles. The number of ether oxygens (including phenoxy) is 1. The minimum Gasteiger partial charge on any atom is -0.495 e. The number of aromatic amines is 1. The second-order valence-corrected chi connectivity index (χ2v) is 11.8. The van der Waals surface area contributed by atoms with Gasteiger partial charge in [0.15, 0.2) is 11.6 Å². The number of aromatic nitrogens is 4. The minimum absolute atomic E-state index is 0.0832. The first kappa shape index (κ1) is 26.7. The number of fused-ring (bicyclic) bond motifs is 1. The summed E-state index contributed by atoms with van der Waals surface area (Å²) in [5.74, 6) is 0.231. The molecule has 12 heteroatoms. The van der Waals surface area contributed by atoms with Crippen molar-refractivity contribution in [3.05, 3.63) is 75.2 Å². The van der Waals surface area contributed by atoms with Gasteiger partial charge in [-0.25, -0.2) is 18.2 Å². The molecular weight excluding hydrogens is 510 g/mol. The van der Waals surface area contributed by atoms with Gasteiger partial charge in [0, 0.05) is 24.2 Å². The molecule has 198 valence electrons. The lowest BCUT2D eigenvalue weighted by atomic mass is 9.86. The molecule has 11 nitrogen and oxygen atoms in total. The van der Waals surface area contributed by atoms with Crippen LogP contribution >= 0.6 is 0 Å². The standard InChI is InChI=1S/C26H27N5O6S/c1-26(2,3)13-21(32)18-12-16(31-9-8-23(33)29-25(31)34)11-17(24(18)37-4)15-6-7-19-20(10-15)27-14-22(28-19)30-38(5,35)36/h6-12,14H,13H2,1-5H3,(H,28,30)(H,29,33,34). The third-order valence-electron chi connectivity index (χ3n) is 5.51. The molecule has 2 aromatic carbocycles. The molecule has 0 saturated carbocycles. The summed E-state index contributed by atoms with van der Waals surface area (Å²) in [6.07, 6.45) is 3.89. The normalized spacial score (nSPS) is 11.9. The highest BCUT2D eigenvalue weighted by molar-refractivity contribution is 7.92. The van der Waals surface area contributed by atoms with Crippen molar-refractivity contribution in [2.75, 3.05) is 18.1 Å². The van der Waals surface area contributed by atoms with E-state index >= 15 is 0 Å². The zero-order valence-corrected chi connectivity index (χ0v) is 22.3. The van der Waals surface area contributed by atoms with Gasteiger partial charge >= 0.3 is 5.69 Å². The largest absolute Gasteiger partial charge is 0.495 e. The fourth-order valence-corrected chi connectivity index (χ4v) is 4.49. The molecule has 4 rings (SSSR count). The number of nitrogens with one attached hydrogen (secondary N) is 2. The predicted molar refractivity (Wildman–Crippen MR) is 145 cm³/mol. The van der Waals surface area contributed by atoms with Crippen LogP contribution < -0.4 is 20.7 Å². The van der Waals surface area contributed by atoms with E-state index in [1.54, 1.807) is 30.3 Å². The number of Topliss-reactive ketones (excluding diaryl/α,β-unsaturated/α-hetero) is 1. The van der Waals surface area contributed by atoms with Crippen molar-refractivity contribution in [2.24, 2.45) is 5.41 Å². The molecule has 38 heavy (non-hydrogen) atoms. The average Bonchev–Trinajstić information content (AvgIpc) is 2.81. The summed E-state index contributed by atoms with van der Waals surface area (Å²) in [7, 11) is -2.06. The first-order chi connectivity index (χ1) is 17.7. The van der Waals surface area contributed by atoms with Gasteiger partial charge in [0.2, 0.25) is 10.0 Å². The van der Waals surface area contributed by atoms with Crippen LogP contribution in [0.25, 0.3) is 27.8 Å². The smallest absolute Gasteiger partial charge is 0.332 e. The zero-order valence-electron chi connectivity index (χ0n) is 21.5. The van der Waals surface area contributed by atoms with Crippen LogP contribution in [0.15, 0.2) is 58.4 Å². The minimum atomic E-state index is -3.52. The van der Waals surface area contributed by atoms with Crippen LogP contribution in [0.4, 0.5) is 5.82 Å². The van der Waals surface area contributed by atoms with Gasteiger partial charge in [-0.05, 0) is 35.2 Å². The van der Waals surface area contributed by atoms with Crippen LogP contribution in [0.5, 0.6) is 5.75 Å². The fourth-order valence-electron chi connectivity index (χ4n) is 4.01. The van der Waals surface area contributed by atoms with E-state index in [-0.39, 0.29) is 29.0 Å². The van der Waals surface area contributed by atoms with Gasteiger partial charge in [0.25, 0.3) is 5.56 Å². The first-order valence-electron chi connectivity index (χ1n) is 11.6. The van der Waals surface area contributed by atoms with Crippen LogP contribution in [0.1, 0.15) is 37.6 Å². The van der Waals surface area contributed by atoms with Gasteiger partial charge in [0.05, 0.1) is 41.8 Å². The molecule has 4 aromatic rings. The van der Waals surface area contributed by atoms with Crippen molar-refractivity contribution in [1.29, 1.82) is 0 Å². The Labute approximate surface area is 218 Å². The van der Waals surface area contributed by atoms with E-state index in [0.717, 1.165) is 6.26 Å². The molecule has 0 amide bonds. The molecule has 0 aliphatic rings. The van der Waals surface area contributed by atoms with Crippen molar-refractivity contribution < 1.29 is 17.9 Å². The van der Waals surface area contributed by atoms with Gasteiger partial charge in [-0.15, -0.1) is 0 Å². The number of H-pyrrole nitrogens is 1. The van der Waals surface area contributed by atoms with Crippen LogP contribution in [0.2, 0.25) is 0 Å². The van der Waals surface area contributed by atoms with Crippen molar-refractivity contribution in [3.8, 4) is 22.6 Å². The van der Waals surface area contributed by atoms with Crippen LogP contribution in [0.3, 0.4) is 0 Å². The number of hydrogen-bond donors (Lipinski definition) is 2. The highest BCUT2D eigenvalue weighted by atomic mass is 32.2. The highest BCUT2D eigenvalue weighted by Crippen LogP contribution is 2.38. The number of hydrogen-bond acceptors (Lipinski definition) is 8. The van der Waals surface area contributed by atoms with E-state index in [1.807, 2.05) is 20.8 Å². The molecule has 0 radical (unpaired) electrons. The number of nitrogens with zero attached hydrogens (tertiary/aromatic N) is 3. The summed E-state index contributed by atoms with van der Waals surface area (Å²) in [6.45, 7) is 5.84.